The molecule has 4 rings (SSSR count). The molecule has 0 aliphatic heterocycles. The molecule has 0 aliphatic rings. The van der Waals surface area contributed by atoms with Gasteiger partial charge in [0, 0.05) is 11.8 Å². The molecule has 0 unspecified atom stereocenters. The number of benzene rings is 3. The van der Waals surface area contributed by atoms with E-state index >= 15 is 0 Å². The molecule has 4 aromatic rings. The quantitative estimate of drug-likeness (QED) is 0.404. The zero-order valence-corrected chi connectivity index (χ0v) is 17.8. The Balaban J connectivity index is 1.46. The topological polar surface area (TPSA) is 85.3 Å². The molecule has 9 heteroatoms. The normalized spacial score (nSPS) is 10.7. The van der Waals surface area contributed by atoms with E-state index in [1.54, 1.807) is 10.9 Å². The summed E-state index contributed by atoms with van der Waals surface area (Å²) in [6.07, 6.45) is 1.53. The zero-order chi connectivity index (χ0) is 23.9. The molecule has 0 spiro atoms. The minimum absolute atomic E-state index is 0.00340. The van der Waals surface area contributed by atoms with E-state index in [1.165, 1.54) is 24.3 Å². The second kappa shape index (κ2) is 10.4. The van der Waals surface area contributed by atoms with Crippen LogP contribution in [0.4, 0.5) is 8.78 Å². The van der Waals surface area contributed by atoms with Crippen LogP contribution in [0.3, 0.4) is 0 Å². The molecule has 0 fully saturated rings. The van der Waals surface area contributed by atoms with Crippen LogP contribution in [0.1, 0.15) is 15.9 Å². The molecule has 0 atom stereocenters. The number of rotatable bonds is 7. The lowest BCUT2D eigenvalue weighted by molar-refractivity contribution is -0.121. The largest absolute Gasteiger partial charge is 0.435 e. The highest BCUT2D eigenvalue weighted by atomic mass is 19.3. The number of alkyl halides is 2. The van der Waals surface area contributed by atoms with Crippen molar-refractivity contribution in [3.05, 3.63) is 102 Å². The molecule has 0 saturated carbocycles. The smallest absolute Gasteiger partial charge is 0.387 e. The van der Waals surface area contributed by atoms with Crippen molar-refractivity contribution < 1.29 is 23.1 Å². The summed E-state index contributed by atoms with van der Waals surface area (Å²) in [4.78, 5) is 25.2. The number of para-hydroxylation sites is 1. The van der Waals surface area contributed by atoms with E-state index in [-0.39, 0.29) is 17.7 Å². The summed E-state index contributed by atoms with van der Waals surface area (Å²) in [5.41, 5.74) is 7.63. The van der Waals surface area contributed by atoms with Gasteiger partial charge in [0.05, 0.1) is 17.7 Å². The molecule has 0 aliphatic carbocycles. The van der Waals surface area contributed by atoms with Gasteiger partial charge in [0.1, 0.15) is 11.4 Å². The SMILES string of the molecule is O=C(Cc1ccc(OC(F)F)cc1)NNC(=O)c1cn(-c2ccccc2)nc1-c1ccccc1. The standard InChI is InChI=1S/C25H20F2N4O3/c26-25(27)34-20-13-11-17(12-14-20)15-22(32)28-29-24(33)21-16-31(19-9-5-2-6-10-19)30-23(21)18-7-3-1-4-8-18/h1-14,16,25H,15H2,(H,28,32)(H,29,33). The summed E-state index contributed by atoms with van der Waals surface area (Å²) >= 11 is 0. The molecule has 1 aromatic heterocycles. The van der Waals surface area contributed by atoms with Gasteiger partial charge < -0.3 is 4.74 Å². The van der Waals surface area contributed by atoms with E-state index in [9.17, 15) is 18.4 Å². The Labute approximate surface area is 194 Å². The van der Waals surface area contributed by atoms with E-state index in [4.69, 9.17) is 0 Å². The molecular formula is C25H20F2N4O3. The van der Waals surface area contributed by atoms with Crippen LogP contribution >= 0.6 is 0 Å². The summed E-state index contributed by atoms with van der Waals surface area (Å²) < 4.78 is 30.4. The summed E-state index contributed by atoms with van der Waals surface area (Å²) in [6.45, 7) is -2.92. The van der Waals surface area contributed by atoms with Crippen LogP contribution in [0.2, 0.25) is 0 Å². The summed E-state index contributed by atoms with van der Waals surface area (Å²) in [7, 11) is 0. The number of hydrazine groups is 1. The number of hydrogen-bond donors (Lipinski definition) is 2. The molecule has 2 N–H and O–H groups in total. The van der Waals surface area contributed by atoms with Gasteiger partial charge in [0.15, 0.2) is 0 Å². The number of hydrogen-bond acceptors (Lipinski definition) is 4. The fraction of sp³-hybridized carbons (Fsp3) is 0.0800. The van der Waals surface area contributed by atoms with E-state index in [0.29, 0.717) is 11.3 Å². The molecule has 7 nitrogen and oxygen atoms in total. The number of carbonyl (C=O) groups excluding carboxylic acids is 2. The highest BCUT2D eigenvalue weighted by molar-refractivity contribution is 6.00. The lowest BCUT2D eigenvalue weighted by Crippen LogP contribution is -2.42. The van der Waals surface area contributed by atoms with Crippen molar-refractivity contribution in [2.45, 2.75) is 13.0 Å². The molecule has 1 heterocycles. The third kappa shape index (κ3) is 5.63. The van der Waals surface area contributed by atoms with E-state index in [2.05, 4.69) is 20.7 Å². The van der Waals surface area contributed by atoms with Gasteiger partial charge >= 0.3 is 6.61 Å². The number of carbonyl (C=O) groups is 2. The predicted octanol–water partition coefficient (Wildman–Crippen LogP) is 4.14. The van der Waals surface area contributed by atoms with Gasteiger partial charge in [-0.25, -0.2) is 4.68 Å². The Morgan fingerprint density at radius 1 is 0.882 bits per heavy atom. The summed E-state index contributed by atoms with van der Waals surface area (Å²) in [6, 6.07) is 24.3. The Morgan fingerprint density at radius 2 is 1.53 bits per heavy atom. The Bertz CT molecular complexity index is 1260. The minimum atomic E-state index is -2.92. The molecule has 34 heavy (non-hydrogen) atoms. The maximum Gasteiger partial charge on any atom is 0.387 e. The van der Waals surface area contributed by atoms with Crippen molar-refractivity contribution in [1.82, 2.24) is 20.6 Å². The number of aromatic nitrogens is 2. The average Bonchev–Trinajstić information content (AvgIpc) is 3.30. The van der Waals surface area contributed by atoms with Gasteiger partial charge in [-0.2, -0.15) is 13.9 Å². The maximum absolute atomic E-state index is 12.9. The van der Waals surface area contributed by atoms with Crippen LogP contribution < -0.4 is 15.6 Å². The van der Waals surface area contributed by atoms with Gasteiger partial charge in [-0.15, -0.1) is 0 Å². The molecular weight excluding hydrogens is 442 g/mol. The van der Waals surface area contributed by atoms with Crippen molar-refractivity contribution in [3.63, 3.8) is 0 Å². The van der Waals surface area contributed by atoms with Gasteiger partial charge in [0.2, 0.25) is 5.91 Å². The maximum atomic E-state index is 12.9. The van der Waals surface area contributed by atoms with Crippen molar-refractivity contribution in [2.24, 2.45) is 0 Å². The van der Waals surface area contributed by atoms with Gasteiger partial charge in [0.25, 0.3) is 5.91 Å². The van der Waals surface area contributed by atoms with Crippen LogP contribution in [0.5, 0.6) is 5.75 Å². The first kappa shape index (κ1) is 22.7. The van der Waals surface area contributed by atoms with E-state index in [1.807, 2.05) is 60.7 Å². The highest BCUT2D eigenvalue weighted by Crippen LogP contribution is 2.23. The molecule has 3 aromatic carbocycles. The predicted molar refractivity (Wildman–Crippen MR) is 121 cm³/mol. The van der Waals surface area contributed by atoms with Crippen LogP contribution in [0, 0.1) is 0 Å². The van der Waals surface area contributed by atoms with Crippen molar-refractivity contribution in [2.75, 3.05) is 0 Å². The van der Waals surface area contributed by atoms with Gasteiger partial charge in [-0.1, -0.05) is 60.7 Å². The molecule has 0 bridgehead atoms. The average molecular weight is 462 g/mol. The van der Waals surface area contributed by atoms with Crippen molar-refractivity contribution >= 4 is 11.8 Å². The number of nitrogens with zero attached hydrogens (tertiary/aromatic N) is 2. The lowest BCUT2D eigenvalue weighted by Gasteiger charge is -2.08. The minimum Gasteiger partial charge on any atom is -0.435 e. The molecule has 172 valence electrons. The van der Waals surface area contributed by atoms with Crippen molar-refractivity contribution in [3.8, 4) is 22.7 Å². The first-order valence-electron chi connectivity index (χ1n) is 10.3. The third-order valence-electron chi connectivity index (χ3n) is 4.86. The first-order valence-corrected chi connectivity index (χ1v) is 10.3. The first-order chi connectivity index (χ1) is 16.5. The van der Waals surface area contributed by atoms with E-state index < -0.39 is 18.4 Å². The van der Waals surface area contributed by atoms with Crippen LogP contribution in [-0.2, 0) is 11.2 Å². The number of amides is 2. The third-order valence-corrected chi connectivity index (χ3v) is 4.86. The molecule has 2 amide bonds. The Kier molecular flexibility index (Phi) is 6.92. The fourth-order valence-corrected chi connectivity index (χ4v) is 3.27. The number of halogens is 2. The zero-order valence-electron chi connectivity index (χ0n) is 17.8. The van der Waals surface area contributed by atoms with Gasteiger partial charge in [-0.3, -0.25) is 20.4 Å². The Morgan fingerprint density at radius 3 is 2.18 bits per heavy atom. The molecule has 0 radical (unpaired) electrons. The van der Waals surface area contributed by atoms with Crippen LogP contribution in [0.15, 0.2) is 91.1 Å². The second-order valence-electron chi connectivity index (χ2n) is 7.24. The summed E-state index contributed by atoms with van der Waals surface area (Å²) in [5.74, 6) is -1.01. The van der Waals surface area contributed by atoms with Gasteiger partial charge in [-0.05, 0) is 29.8 Å². The van der Waals surface area contributed by atoms with Crippen LogP contribution in [0.25, 0.3) is 16.9 Å². The molecule has 0 saturated heterocycles. The Hall–Kier alpha value is -4.53. The van der Waals surface area contributed by atoms with Crippen molar-refractivity contribution in [1.29, 1.82) is 0 Å². The number of ether oxygens (including phenoxy) is 1. The summed E-state index contributed by atoms with van der Waals surface area (Å²) in [5, 5.41) is 4.57. The lowest BCUT2D eigenvalue weighted by atomic mass is 10.1. The highest BCUT2D eigenvalue weighted by Gasteiger charge is 2.19. The van der Waals surface area contributed by atoms with Crippen LogP contribution in [-0.4, -0.2) is 28.2 Å². The second-order valence-corrected chi connectivity index (χ2v) is 7.24. The monoisotopic (exact) mass is 462 g/mol. The van der Waals surface area contributed by atoms with E-state index in [0.717, 1.165) is 11.3 Å². The number of nitrogens with one attached hydrogen (secondary N) is 2. The fourth-order valence-electron chi connectivity index (χ4n) is 3.27.